The smallest absolute Gasteiger partial charge is 0.261 e. The maximum atomic E-state index is 12.9. The van der Waals surface area contributed by atoms with Crippen LogP contribution in [-0.2, 0) is 0 Å². The molecular weight excluding hydrogens is 213 g/mol. The topological polar surface area (TPSA) is 57.6 Å². The van der Waals surface area contributed by atoms with Crippen molar-refractivity contribution in [1.29, 1.82) is 0 Å². The van der Waals surface area contributed by atoms with Crippen LogP contribution in [0.3, 0.4) is 0 Å². The third kappa shape index (κ3) is 1.59. The van der Waals surface area contributed by atoms with E-state index in [1.54, 1.807) is 0 Å². The maximum absolute atomic E-state index is 12.9. The van der Waals surface area contributed by atoms with Crippen LogP contribution in [0.15, 0.2) is 18.2 Å². The second kappa shape index (κ2) is 3.68. The molecule has 1 heterocycles. The summed E-state index contributed by atoms with van der Waals surface area (Å²) in [5.41, 5.74) is 0.248. The number of fused-ring (bicyclic) bond motifs is 1. The fraction of sp³-hybridized carbons (Fsp3) is 0.273. The van der Waals surface area contributed by atoms with Gasteiger partial charge in [-0.05, 0) is 25.1 Å². The molecule has 2 amide bonds. The van der Waals surface area contributed by atoms with Gasteiger partial charge in [-0.15, -0.1) is 0 Å². The summed E-state index contributed by atoms with van der Waals surface area (Å²) in [7, 11) is 0. The summed E-state index contributed by atoms with van der Waals surface area (Å²) < 4.78 is 12.9. The number of rotatable bonds is 2. The van der Waals surface area contributed by atoms with Gasteiger partial charge in [-0.2, -0.15) is 0 Å². The molecule has 1 aliphatic heterocycles. The Balaban J connectivity index is 2.40. The van der Waals surface area contributed by atoms with E-state index in [0.29, 0.717) is 0 Å². The van der Waals surface area contributed by atoms with Gasteiger partial charge >= 0.3 is 0 Å². The van der Waals surface area contributed by atoms with E-state index >= 15 is 0 Å². The molecule has 0 aromatic heterocycles. The summed E-state index contributed by atoms with van der Waals surface area (Å²) in [5.74, 6) is -1.60. The summed E-state index contributed by atoms with van der Waals surface area (Å²) in [6, 6.07) is 3.46. The van der Waals surface area contributed by atoms with Crippen molar-refractivity contribution in [3.05, 3.63) is 35.1 Å². The zero-order valence-electron chi connectivity index (χ0n) is 8.61. The standard InChI is InChI=1S/C11H10FNO3/c1-6(14)5-13-10(15)8-3-2-7(12)4-9(8)11(13)16/h2-4,6,14H,5H2,1H3/t6-/m0/s1. The molecule has 1 atom stereocenters. The molecule has 0 unspecified atom stereocenters. The van der Waals surface area contributed by atoms with Crippen molar-refractivity contribution in [2.24, 2.45) is 0 Å². The van der Waals surface area contributed by atoms with Crippen molar-refractivity contribution in [1.82, 2.24) is 4.90 Å². The Kier molecular flexibility index (Phi) is 2.47. The average molecular weight is 223 g/mol. The molecule has 0 saturated carbocycles. The average Bonchev–Trinajstić information content (AvgIpc) is 2.43. The van der Waals surface area contributed by atoms with Gasteiger partial charge in [0.15, 0.2) is 0 Å². The van der Waals surface area contributed by atoms with Crippen molar-refractivity contribution in [2.45, 2.75) is 13.0 Å². The highest BCUT2D eigenvalue weighted by Gasteiger charge is 2.36. The molecule has 0 bridgehead atoms. The SMILES string of the molecule is C[C@H](O)CN1C(=O)c2ccc(F)cc2C1=O. The number of nitrogens with zero attached hydrogens (tertiary/aromatic N) is 1. The molecule has 2 rings (SSSR count). The molecule has 4 nitrogen and oxygen atoms in total. The molecule has 1 aromatic carbocycles. The molecule has 1 aliphatic rings. The van der Waals surface area contributed by atoms with E-state index < -0.39 is 23.7 Å². The number of halogens is 1. The predicted octanol–water partition coefficient (Wildman–Crippen LogP) is 0.803. The Labute approximate surface area is 91.3 Å². The number of carbonyl (C=O) groups is 2. The first-order valence-corrected chi connectivity index (χ1v) is 4.84. The number of hydrogen-bond acceptors (Lipinski definition) is 3. The van der Waals surface area contributed by atoms with Gasteiger partial charge in [0.1, 0.15) is 5.82 Å². The summed E-state index contributed by atoms with van der Waals surface area (Å²) in [6.07, 6.45) is -0.799. The quantitative estimate of drug-likeness (QED) is 0.754. The van der Waals surface area contributed by atoms with Crippen LogP contribution in [0, 0.1) is 5.82 Å². The third-order valence-electron chi connectivity index (χ3n) is 2.38. The number of carbonyl (C=O) groups excluding carboxylic acids is 2. The van der Waals surface area contributed by atoms with Crippen LogP contribution >= 0.6 is 0 Å². The molecular formula is C11H10FNO3. The van der Waals surface area contributed by atoms with Crippen LogP contribution < -0.4 is 0 Å². The van der Waals surface area contributed by atoms with Gasteiger partial charge < -0.3 is 5.11 Å². The van der Waals surface area contributed by atoms with Gasteiger partial charge in [0.2, 0.25) is 0 Å². The molecule has 16 heavy (non-hydrogen) atoms. The van der Waals surface area contributed by atoms with Gasteiger partial charge in [0.25, 0.3) is 11.8 Å². The number of amides is 2. The summed E-state index contributed by atoms with van der Waals surface area (Å²) in [4.78, 5) is 24.4. The van der Waals surface area contributed by atoms with E-state index in [-0.39, 0.29) is 17.7 Å². The summed E-state index contributed by atoms with van der Waals surface area (Å²) >= 11 is 0. The molecule has 0 saturated heterocycles. The van der Waals surface area contributed by atoms with Gasteiger partial charge in [-0.25, -0.2) is 4.39 Å². The number of β-amino-alcohol motifs (C(OH)–C–C–N with tert-alkyl or cyclic N) is 1. The highest BCUT2D eigenvalue weighted by atomic mass is 19.1. The van der Waals surface area contributed by atoms with Crippen molar-refractivity contribution in [3.63, 3.8) is 0 Å². The summed E-state index contributed by atoms with van der Waals surface area (Å²) in [6.45, 7) is 1.40. The van der Waals surface area contributed by atoms with Crippen molar-refractivity contribution >= 4 is 11.8 Å². The Hall–Kier alpha value is -1.75. The van der Waals surface area contributed by atoms with Crippen LogP contribution in [0.25, 0.3) is 0 Å². The third-order valence-corrected chi connectivity index (χ3v) is 2.38. The number of hydrogen-bond donors (Lipinski definition) is 1. The zero-order valence-corrected chi connectivity index (χ0v) is 8.61. The minimum Gasteiger partial charge on any atom is -0.392 e. The maximum Gasteiger partial charge on any atom is 0.261 e. The molecule has 84 valence electrons. The molecule has 1 aromatic rings. The van der Waals surface area contributed by atoms with E-state index in [0.717, 1.165) is 17.0 Å². The fourth-order valence-corrected chi connectivity index (χ4v) is 1.69. The minimum absolute atomic E-state index is 0.0608. The molecule has 5 heteroatoms. The lowest BCUT2D eigenvalue weighted by Gasteiger charge is -2.15. The monoisotopic (exact) mass is 223 g/mol. The van der Waals surface area contributed by atoms with Gasteiger partial charge in [-0.3, -0.25) is 14.5 Å². The first-order chi connectivity index (χ1) is 7.50. The van der Waals surface area contributed by atoms with Crippen LogP contribution in [0.5, 0.6) is 0 Å². The Bertz CT molecular complexity index is 470. The van der Waals surface area contributed by atoms with E-state index in [2.05, 4.69) is 0 Å². The van der Waals surface area contributed by atoms with Crippen LogP contribution in [0.2, 0.25) is 0 Å². The second-order valence-corrected chi connectivity index (χ2v) is 3.76. The van der Waals surface area contributed by atoms with E-state index in [9.17, 15) is 14.0 Å². The molecule has 0 spiro atoms. The largest absolute Gasteiger partial charge is 0.392 e. The van der Waals surface area contributed by atoms with Crippen molar-refractivity contribution < 1.29 is 19.1 Å². The van der Waals surface area contributed by atoms with Crippen molar-refractivity contribution in [2.75, 3.05) is 6.54 Å². The van der Waals surface area contributed by atoms with Crippen LogP contribution in [0.1, 0.15) is 27.6 Å². The summed E-state index contributed by atoms with van der Waals surface area (Å²) in [5, 5.41) is 9.16. The molecule has 1 N–H and O–H groups in total. The highest BCUT2D eigenvalue weighted by molar-refractivity contribution is 6.21. The zero-order chi connectivity index (χ0) is 11.9. The van der Waals surface area contributed by atoms with Gasteiger partial charge in [0.05, 0.1) is 23.8 Å². The van der Waals surface area contributed by atoms with Crippen LogP contribution in [-0.4, -0.2) is 34.5 Å². The molecule has 0 aliphatic carbocycles. The van der Waals surface area contributed by atoms with Crippen molar-refractivity contribution in [3.8, 4) is 0 Å². The van der Waals surface area contributed by atoms with Gasteiger partial charge in [-0.1, -0.05) is 0 Å². The predicted molar refractivity (Wildman–Crippen MR) is 53.4 cm³/mol. The minimum atomic E-state index is -0.799. The fourth-order valence-electron chi connectivity index (χ4n) is 1.69. The molecule has 0 radical (unpaired) electrons. The first-order valence-electron chi connectivity index (χ1n) is 4.84. The lowest BCUT2D eigenvalue weighted by atomic mass is 10.1. The Morgan fingerprint density at radius 2 is 1.94 bits per heavy atom. The number of aliphatic hydroxyl groups excluding tert-OH is 1. The van der Waals surface area contributed by atoms with Crippen LogP contribution in [0.4, 0.5) is 4.39 Å². The number of benzene rings is 1. The number of aliphatic hydroxyl groups is 1. The normalized spacial score (nSPS) is 16.6. The second-order valence-electron chi connectivity index (χ2n) is 3.76. The number of imide groups is 1. The van der Waals surface area contributed by atoms with E-state index in [1.807, 2.05) is 0 Å². The highest BCUT2D eigenvalue weighted by Crippen LogP contribution is 2.23. The van der Waals surface area contributed by atoms with E-state index in [4.69, 9.17) is 5.11 Å². The Morgan fingerprint density at radius 1 is 1.31 bits per heavy atom. The molecule has 0 fully saturated rings. The van der Waals surface area contributed by atoms with Gasteiger partial charge in [0, 0.05) is 0 Å². The lowest BCUT2D eigenvalue weighted by Crippen LogP contribution is -2.35. The Morgan fingerprint density at radius 3 is 2.56 bits per heavy atom. The van der Waals surface area contributed by atoms with E-state index in [1.165, 1.54) is 13.0 Å². The first kappa shape index (κ1) is 10.8. The lowest BCUT2D eigenvalue weighted by molar-refractivity contribution is 0.0563.